The van der Waals surface area contributed by atoms with E-state index in [9.17, 15) is 13.2 Å². The van der Waals surface area contributed by atoms with Gasteiger partial charge in [0.15, 0.2) is 0 Å². The molecule has 0 amide bonds. The van der Waals surface area contributed by atoms with Crippen molar-refractivity contribution in [3.8, 4) is 11.1 Å². The highest BCUT2D eigenvalue weighted by molar-refractivity contribution is 5.64. The molecule has 1 nitrogen and oxygen atoms in total. The molecule has 0 aliphatic carbocycles. The second kappa shape index (κ2) is 6.31. The van der Waals surface area contributed by atoms with Gasteiger partial charge in [0.2, 0.25) is 0 Å². The number of benzene rings is 2. The van der Waals surface area contributed by atoms with Crippen molar-refractivity contribution in [1.29, 1.82) is 0 Å². The summed E-state index contributed by atoms with van der Waals surface area (Å²) in [6.45, 7) is 4.97. The van der Waals surface area contributed by atoms with Gasteiger partial charge in [-0.05, 0) is 48.4 Å². The van der Waals surface area contributed by atoms with Crippen LogP contribution in [0.25, 0.3) is 11.1 Å². The van der Waals surface area contributed by atoms with Crippen molar-refractivity contribution in [1.82, 2.24) is 5.32 Å². The van der Waals surface area contributed by atoms with Crippen LogP contribution in [0.5, 0.6) is 0 Å². The van der Waals surface area contributed by atoms with E-state index in [0.29, 0.717) is 0 Å². The molecule has 0 aliphatic heterocycles. The Labute approximate surface area is 122 Å². The van der Waals surface area contributed by atoms with Gasteiger partial charge in [-0.2, -0.15) is 13.2 Å². The largest absolute Gasteiger partial charge is 0.416 e. The summed E-state index contributed by atoms with van der Waals surface area (Å²) in [4.78, 5) is 0. The molecule has 1 N–H and O–H groups in total. The van der Waals surface area contributed by atoms with Crippen LogP contribution >= 0.6 is 0 Å². The molecule has 2 aromatic carbocycles. The lowest BCUT2D eigenvalue weighted by atomic mass is 9.99. The average Bonchev–Trinajstić information content (AvgIpc) is 2.47. The van der Waals surface area contributed by atoms with E-state index in [1.54, 1.807) is 0 Å². The highest BCUT2D eigenvalue weighted by atomic mass is 19.4. The van der Waals surface area contributed by atoms with E-state index in [2.05, 4.69) is 12.2 Å². The first kappa shape index (κ1) is 15.6. The van der Waals surface area contributed by atoms with Crippen molar-refractivity contribution >= 4 is 0 Å². The molecule has 0 saturated heterocycles. The molecule has 0 bridgehead atoms. The molecular weight excluding hydrogens is 275 g/mol. The van der Waals surface area contributed by atoms with Crippen LogP contribution in [0.1, 0.15) is 31.0 Å². The summed E-state index contributed by atoms with van der Waals surface area (Å²) in [5, 5.41) is 3.32. The third-order valence-corrected chi connectivity index (χ3v) is 3.44. The Morgan fingerprint density at radius 3 is 2.24 bits per heavy atom. The first-order valence-corrected chi connectivity index (χ1v) is 6.93. The fourth-order valence-corrected chi connectivity index (χ4v) is 2.26. The minimum absolute atomic E-state index is 0.212. The van der Waals surface area contributed by atoms with Crippen molar-refractivity contribution in [2.45, 2.75) is 26.1 Å². The maximum atomic E-state index is 12.6. The van der Waals surface area contributed by atoms with Gasteiger partial charge >= 0.3 is 6.18 Å². The predicted octanol–water partition coefficient (Wildman–Crippen LogP) is 5.04. The van der Waals surface area contributed by atoms with Gasteiger partial charge in [0, 0.05) is 6.04 Å². The van der Waals surface area contributed by atoms with Crippen LogP contribution in [0.4, 0.5) is 13.2 Å². The fraction of sp³-hybridized carbons (Fsp3) is 0.294. The van der Waals surface area contributed by atoms with Crippen molar-refractivity contribution in [3.05, 3.63) is 59.7 Å². The fourth-order valence-electron chi connectivity index (χ4n) is 2.26. The second-order valence-corrected chi connectivity index (χ2v) is 4.98. The zero-order valence-electron chi connectivity index (χ0n) is 12.0. The van der Waals surface area contributed by atoms with E-state index in [1.165, 1.54) is 12.1 Å². The minimum Gasteiger partial charge on any atom is -0.310 e. The number of hydrogen-bond acceptors (Lipinski definition) is 1. The quantitative estimate of drug-likeness (QED) is 0.832. The number of rotatable bonds is 4. The lowest BCUT2D eigenvalue weighted by Gasteiger charge is -2.14. The standard InChI is InChI=1S/C17H18F3N/c1-3-21-12(2)14-5-4-6-15(11-14)13-7-9-16(10-8-13)17(18,19)20/h4-12,21H,3H2,1-2H3. The number of hydrogen-bond donors (Lipinski definition) is 1. The van der Waals surface area contributed by atoms with E-state index < -0.39 is 11.7 Å². The van der Waals surface area contributed by atoms with E-state index in [1.807, 2.05) is 31.2 Å². The molecule has 2 rings (SSSR count). The van der Waals surface area contributed by atoms with Crippen LogP contribution in [0, 0.1) is 0 Å². The molecule has 4 heteroatoms. The normalized spacial score (nSPS) is 13.2. The maximum absolute atomic E-state index is 12.6. The average molecular weight is 293 g/mol. The molecular formula is C17H18F3N. The minimum atomic E-state index is -4.29. The second-order valence-electron chi connectivity index (χ2n) is 4.98. The number of alkyl halides is 3. The molecule has 0 spiro atoms. The molecule has 1 atom stereocenters. The zero-order valence-corrected chi connectivity index (χ0v) is 12.0. The molecule has 0 aromatic heterocycles. The first-order valence-electron chi connectivity index (χ1n) is 6.93. The van der Waals surface area contributed by atoms with Gasteiger partial charge in [0.25, 0.3) is 0 Å². The predicted molar refractivity (Wildman–Crippen MR) is 79.0 cm³/mol. The van der Waals surface area contributed by atoms with Crippen LogP contribution in [-0.2, 0) is 6.18 Å². The van der Waals surface area contributed by atoms with Crippen molar-refractivity contribution in [2.24, 2.45) is 0 Å². The van der Waals surface area contributed by atoms with Gasteiger partial charge < -0.3 is 5.32 Å². The van der Waals surface area contributed by atoms with E-state index in [-0.39, 0.29) is 6.04 Å². The highest BCUT2D eigenvalue weighted by Gasteiger charge is 2.29. The monoisotopic (exact) mass is 293 g/mol. The third kappa shape index (κ3) is 3.85. The zero-order chi connectivity index (χ0) is 15.5. The Morgan fingerprint density at radius 1 is 1.00 bits per heavy atom. The van der Waals surface area contributed by atoms with E-state index in [0.717, 1.165) is 35.4 Å². The topological polar surface area (TPSA) is 12.0 Å². The molecule has 21 heavy (non-hydrogen) atoms. The van der Waals surface area contributed by atoms with Gasteiger partial charge in [0.05, 0.1) is 5.56 Å². The Kier molecular flexibility index (Phi) is 4.68. The summed E-state index contributed by atoms with van der Waals surface area (Å²) in [5.41, 5.74) is 2.21. The first-order chi connectivity index (χ1) is 9.91. The van der Waals surface area contributed by atoms with Crippen LogP contribution < -0.4 is 5.32 Å². The summed E-state index contributed by atoms with van der Waals surface area (Å²) in [7, 11) is 0. The summed E-state index contributed by atoms with van der Waals surface area (Å²) in [6.07, 6.45) is -4.29. The summed E-state index contributed by atoms with van der Waals surface area (Å²) >= 11 is 0. The Morgan fingerprint density at radius 2 is 1.67 bits per heavy atom. The molecule has 0 saturated carbocycles. The molecule has 1 unspecified atom stereocenters. The summed E-state index contributed by atoms with van der Waals surface area (Å²) in [5.74, 6) is 0. The number of nitrogens with one attached hydrogen (secondary N) is 1. The SMILES string of the molecule is CCNC(C)c1cccc(-c2ccc(C(F)(F)F)cc2)c1. The summed E-state index contributed by atoms with van der Waals surface area (Å²) in [6, 6.07) is 13.3. The molecule has 0 heterocycles. The van der Waals surface area contributed by atoms with Gasteiger partial charge in [-0.25, -0.2) is 0 Å². The van der Waals surface area contributed by atoms with Crippen LogP contribution in [0.2, 0.25) is 0 Å². The van der Waals surface area contributed by atoms with Crippen molar-refractivity contribution in [3.63, 3.8) is 0 Å². The molecule has 0 fully saturated rings. The third-order valence-electron chi connectivity index (χ3n) is 3.44. The lowest BCUT2D eigenvalue weighted by molar-refractivity contribution is -0.137. The molecule has 2 aromatic rings. The van der Waals surface area contributed by atoms with E-state index in [4.69, 9.17) is 0 Å². The molecule has 0 aliphatic rings. The van der Waals surface area contributed by atoms with Crippen molar-refractivity contribution in [2.75, 3.05) is 6.54 Å². The van der Waals surface area contributed by atoms with Crippen LogP contribution in [0.3, 0.4) is 0 Å². The Bertz CT molecular complexity index is 588. The van der Waals surface area contributed by atoms with Gasteiger partial charge in [-0.3, -0.25) is 0 Å². The van der Waals surface area contributed by atoms with Crippen LogP contribution in [-0.4, -0.2) is 6.54 Å². The van der Waals surface area contributed by atoms with Gasteiger partial charge in [-0.15, -0.1) is 0 Å². The Balaban J connectivity index is 2.28. The lowest BCUT2D eigenvalue weighted by Crippen LogP contribution is -2.17. The van der Waals surface area contributed by atoms with Gasteiger partial charge in [0.1, 0.15) is 0 Å². The molecule has 0 radical (unpaired) electrons. The highest BCUT2D eigenvalue weighted by Crippen LogP contribution is 2.31. The Hall–Kier alpha value is -1.81. The number of halogens is 3. The smallest absolute Gasteiger partial charge is 0.310 e. The molecule has 112 valence electrons. The van der Waals surface area contributed by atoms with E-state index >= 15 is 0 Å². The summed E-state index contributed by atoms with van der Waals surface area (Å²) < 4.78 is 37.7. The maximum Gasteiger partial charge on any atom is 0.416 e. The van der Waals surface area contributed by atoms with Crippen molar-refractivity contribution < 1.29 is 13.2 Å². The van der Waals surface area contributed by atoms with Gasteiger partial charge in [-0.1, -0.05) is 37.3 Å². The van der Waals surface area contributed by atoms with Crippen LogP contribution in [0.15, 0.2) is 48.5 Å².